The van der Waals surface area contributed by atoms with Gasteiger partial charge in [0.25, 0.3) is 0 Å². The van der Waals surface area contributed by atoms with E-state index < -0.39 is 5.69 Å². The van der Waals surface area contributed by atoms with Crippen molar-refractivity contribution in [2.75, 3.05) is 5.43 Å². The molecule has 0 aliphatic heterocycles. The van der Waals surface area contributed by atoms with Crippen LogP contribution in [0.15, 0.2) is 40.2 Å². The number of aryl methyl sites for hydroxylation is 2. The molecule has 0 aliphatic rings. The van der Waals surface area contributed by atoms with Gasteiger partial charge in [0.1, 0.15) is 10.8 Å². The molecule has 0 amide bonds. The van der Waals surface area contributed by atoms with Gasteiger partial charge in [0.05, 0.1) is 23.2 Å². The van der Waals surface area contributed by atoms with Gasteiger partial charge in [-0.3, -0.25) is 5.43 Å². The molecule has 2 heterocycles. The number of nitrogens with zero attached hydrogens (tertiary/aromatic N) is 5. The lowest BCUT2D eigenvalue weighted by molar-refractivity contribution is 0.863. The third kappa shape index (κ3) is 3.18. The number of para-hydroxylation sites is 1. The van der Waals surface area contributed by atoms with Crippen LogP contribution in [0.25, 0.3) is 5.69 Å². The summed E-state index contributed by atoms with van der Waals surface area (Å²) in [6.07, 6.45) is 1.53. The molecule has 0 aliphatic carbocycles. The number of hydrazone groups is 1. The Balaban J connectivity index is 1.87. The first-order chi connectivity index (χ1) is 11.6. The predicted molar refractivity (Wildman–Crippen MR) is 91.9 cm³/mol. The molecule has 0 saturated heterocycles. The number of halogens is 1. The Morgan fingerprint density at radius 1 is 1.25 bits per heavy atom. The molecular formula is C15H14ClN7O. The third-order valence-corrected chi connectivity index (χ3v) is 3.65. The second kappa shape index (κ2) is 6.63. The number of aromatic amines is 1. The highest BCUT2D eigenvalue weighted by molar-refractivity contribution is 6.32. The van der Waals surface area contributed by atoms with Crippen LogP contribution < -0.4 is 11.1 Å². The summed E-state index contributed by atoms with van der Waals surface area (Å²) in [5.41, 5.74) is 4.91. The van der Waals surface area contributed by atoms with E-state index in [2.05, 4.69) is 30.8 Å². The van der Waals surface area contributed by atoms with Crippen molar-refractivity contribution in [2.24, 2.45) is 5.10 Å². The van der Waals surface area contributed by atoms with Crippen LogP contribution in [0, 0.1) is 13.8 Å². The van der Waals surface area contributed by atoms with Crippen molar-refractivity contribution in [3.05, 3.63) is 62.9 Å². The summed E-state index contributed by atoms with van der Waals surface area (Å²) in [5, 5.41) is 15.0. The lowest BCUT2D eigenvalue weighted by Gasteiger charge is -2.02. The molecule has 0 spiro atoms. The van der Waals surface area contributed by atoms with Gasteiger partial charge >= 0.3 is 5.69 Å². The van der Waals surface area contributed by atoms with E-state index in [1.165, 1.54) is 6.21 Å². The Hall–Kier alpha value is -3.00. The highest BCUT2D eigenvalue weighted by Crippen LogP contribution is 2.21. The number of benzene rings is 1. The van der Waals surface area contributed by atoms with Gasteiger partial charge in [0, 0.05) is 0 Å². The van der Waals surface area contributed by atoms with Gasteiger partial charge in [0.15, 0.2) is 5.82 Å². The second-order valence-electron chi connectivity index (χ2n) is 4.98. The minimum Gasteiger partial charge on any atom is -0.260 e. The first-order valence-corrected chi connectivity index (χ1v) is 7.47. The summed E-state index contributed by atoms with van der Waals surface area (Å²) in [5.74, 6) is 0.277. The molecule has 9 heteroatoms. The number of rotatable bonds is 4. The zero-order chi connectivity index (χ0) is 17.1. The fourth-order valence-electron chi connectivity index (χ4n) is 2.05. The average Bonchev–Trinajstić information content (AvgIpc) is 2.87. The highest BCUT2D eigenvalue weighted by Gasteiger charge is 2.13. The van der Waals surface area contributed by atoms with Gasteiger partial charge in [-0.15, -0.1) is 0 Å². The number of anilines is 1. The van der Waals surface area contributed by atoms with Crippen molar-refractivity contribution >= 4 is 23.6 Å². The first kappa shape index (κ1) is 15.9. The smallest absolute Gasteiger partial charge is 0.260 e. The molecule has 0 unspecified atom stereocenters. The van der Waals surface area contributed by atoms with Crippen molar-refractivity contribution < 1.29 is 0 Å². The summed E-state index contributed by atoms with van der Waals surface area (Å²) >= 11 is 6.40. The molecule has 0 radical (unpaired) electrons. The maximum Gasteiger partial charge on any atom is 0.363 e. The van der Waals surface area contributed by atoms with Crippen molar-refractivity contribution in [2.45, 2.75) is 13.8 Å². The Morgan fingerprint density at radius 2 is 2.00 bits per heavy atom. The topological polar surface area (TPSA) is 101 Å². The lowest BCUT2D eigenvalue weighted by atomic mass is 10.3. The largest absolute Gasteiger partial charge is 0.363 e. The van der Waals surface area contributed by atoms with Gasteiger partial charge in [-0.2, -0.15) is 20.3 Å². The summed E-state index contributed by atoms with van der Waals surface area (Å²) in [4.78, 5) is 14.9. The van der Waals surface area contributed by atoms with Gasteiger partial charge in [-0.1, -0.05) is 29.8 Å². The summed E-state index contributed by atoms with van der Waals surface area (Å²) < 4.78 is 1.64. The quantitative estimate of drug-likeness (QED) is 0.558. The molecule has 0 bridgehead atoms. The van der Waals surface area contributed by atoms with Crippen LogP contribution in [0.3, 0.4) is 0 Å². The maximum absolute atomic E-state index is 11.2. The molecule has 2 N–H and O–H groups in total. The van der Waals surface area contributed by atoms with Crippen molar-refractivity contribution in [3.8, 4) is 5.69 Å². The monoisotopic (exact) mass is 343 g/mol. The van der Waals surface area contributed by atoms with Gasteiger partial charge in [-0.05, 0) is 26.0 Å². The van der Waals surface area contributed by atoms with Crippen LogP contribution >= 0.6 is 11.6 Å². The predicted octanol–water partition coefficient (Wildman–Crippen LogP) is 2.07. The Bertz CT molecular complexity index is 946. The van der Waals surface area contributed by atoms with E-state index in [0.717, 1.165) is 11.4 Å². The molecule has 0 fully saturated rings. The molecule has 3 rings (SSSR count). The van der Waals surface area contributed by atoms with Crippen LogP contribution in [0.4, 0.5) is 5.82 Å². The summed E-state index contributed by atoms with van der Waals surface area (Å²) in [7, 11) is 0. The minimum absolute atomic E-state index is 0.277. The van der Waals surface area contributed by atoms with Gasteiger partial charge < -0.3 is 0 Å². The molecule has 8 nitrogen and oxygen atoms in total. The van der Waals surface area contributed by atoms with E-state index in [1.54, 1.807) is 11.6 Å². The standard InChI is InChI=1S/C15H14ClN7O/c1-9-12(8-17-20-14-10(2)19-21-15(24)18-14)13(16)23(22-9)11-6-4-3-5-7-11/h3-8H,1-2H3,(H2,18,20,21,24)/b17-8+. The Kier molecular flexibility index (Phi) is 4.39. The van der Waals surface area contributed by atoms with Crippen LogP contribution in [0.1, 0.15) is 17.0 Å². The molecule has 0 atom stereocenters. The zero-order valence-corrected chi connectivity index (χ0v) is 13.7. The second-order valence-corrected chi connectivity index (χ2v) is 5.34. The summed E-state index contributed by atoms with van der Waals surface area (Å²) in [6, 6.07) is 9.56. The normalized spacial score (nSPS) is 11.1. The van der Waals surface area contributed by atoms with Crippen molar-refractivity contribution in [1.29, 1.82) is 0 Å². The van der Waals surface area contributed by atoms with Crippen LogP contribution in [0.5, 0.6) is 0 Å². The van der Waals surface area contributed by atoms with E-state index >= 15 is 0 Å². The lowest BCUT2D eigenvalue weighted by Crippen LogP contribution is -2.15. The molecule has 24 heavy (non-hydrogen) atoms. The first-order valence-electron chi connectivity index (χ1n) is 7.09. The fraction of sp³-hybridized carbons (Fsp3) is 0.133. The minimum atomic E-state index is -0.551. The van der Waals surface area contributed by atoms with Crippen molar-refractivity contribution in [1.82, 2.24) is 25.0 Å². The Labute approximate surface area is 142 Å². The van der Waals surface area contributed by atoms with E-state index in [1.807, 2.05) is 37.3 Å². The third-order valence-electron chi connectivity index (χ3n) is 3.29. The van der Waals surface area contributed by atoms with Crippen LogP contribution in [0.2, 0.25) is 5.15 Å². The molecular weight excluding hydrogens is 330 g/mol. The molecule has 122 valence electrons. The van der Waals surface area contributed by atoms with Gasteiger partial charge in [-0.25, -0.2) is 14.6 Å². The average molecular weight is 344 g/mol. The zero-order valence-electron chi connectivity index (χ0n) is 13.0. The number of nitrogens with one attached hydrogen (secondary N) is 2. The maximum atomic E-state index is 11.2. The van der Waals surface area contributed by atoms with E-state index in [9.17, 15) is 4.79 Å². The molecule has 3 aromatic rings. The number of H-pyrrole nitrogens is 1. The molecule has 2 aromatic heterocycles. The Morgan fingerprint density at radius 3 is 2.75 bits per heavy atom. The number of hydrogen-bond donors (Lipinski definition) is 2. The SMILES string of the molecule is Cc1n[nH]c(=O)nc1N/N=C/c1c(C)nn(-c2ccccc2)c1Cl. The van der Waals surface area contributed by atoms with E-state index in [0.29, 0.717) is 16.4 Å². The fourth-order valence-corrected chi connectivity index (χ4v) is 2.37. The molecule has 0 saturated carbocycles. The highest BCUT2D eigenvalue weighted by atomic mass is 35.5. The molecule has 1 aromatic carbocycles. The van der Waals surface area contributed by atoms with E-state index in [4.69, 9.17) is 11.6 Å². The number of hydrogen-bond acceptors (Lipinski definition) is 6. The van der Waals surface area contributed by atoms with Crippen molar-refractivity contribution in [3.63, 3.8) is 0 Å². The summed E-state index contributed by atoms with van der Waals surface area (Å²) in [6.45, 7) is 3.54. The van der Waals surface area contributed by atoms with E-state index in [-0.39, 0.29) is 5.82 Å². The van der Waals surface area contributed by atoms with Gasteiger partial charge in [0.2, 0.25) is 0 Å². The van der Waals surface area contributed by atoms with Crippen LogP contribution in [-0.4, -0.2) is 31.2 Å². The number of aromatic nitrogens is 5. The van der Waals surface area contributed by atoms with Crippen LogP contribution in [-0.2, 0) is 0 Å².